The number of carbonyl (C=O) groups excluding carboxylic acids is 1. The number of carbonyl (C=O) groups is 1. The molecule has 2 heterocycles. The van der Waals surface area contributed by atoms with Gasteiger partial charge in [-0.05, 0) is 35.8 Å². The molecule has 5 nitrogen and oxygen atoms in total. The summed E-state index contributed by atoms with van der Waals surface area (Å²) in [4.78, 5) is 17.6. The van der Waals surface area contributed by atoms with Crippen molar-refractivity contribution in [1.82, 2.24) is 14.8 Å². The molecular formula is C18H19ClN4OS. The number of nitrogens with one attached hydrogen (secondary N) is 1. The number of halogens is 1. The molecule has 1 aromatic heterocycles. The number of aromatic nitrogens is 3. The second-order valence-corrected chi connectivity index (χ2v) is 8.49. The Morgan fingerprint density at radius 3 is 2.88 bits per heavy atom. The molecule has 1 aromatic carbocycles. The highest BCUT2D eigenvalue weighted by molar-refractivity contribution is 7.98. The first-order valence-corrected chi connectivity index (χ1v) is 9.77. The van der Waals surface area contributed by atoms with Crippen molar-refractivity contribution in [3.8, 4) is 0 Å². The predicted molar refractivity (Wildman–Crippen MR) is 100 cm³/mol. The van der Waals surface area contributed by atoms with E-state index in [1.807, 2.05) is 35.2 Å². The number of hydrogen-bond donors (Lipinski definition) is 1. The van der Waals surface area contributed by atoms with E-state index in [0.29, 0.717) is 22.5 Å². The molecule has 0 radical (unpaired) electrons. The number of fused-ring (bicyclic) bond motifs is 1. The van der Waals surface area contributed by atoms with E-state index in [2.05, 4.69) is 29.2 Å². The highest BCUT2D eigenvalue weighted by Gasteiger charge is 2.41. The monoisotopic (exact) mass is 374 g/mol. The first-order chi connectivity index (χ1) is 11.9. The molecule has 0 spiro atoms. The number of Topliss-reactive ketones (excluding diaryl/α,β-unsaturated/α-hetero) is 1. The molecule has 0 saturated carbocycles. The zero-order valence-electron chi connectivity index (χ0n) is 14.3. The van der Waals surface area contributed by atoms with Gasteiger partial charge in [0, 0.05) is 22.7 Å². The molecule has 0 bridgehead atoms. The van der Waals surface area contributed by atoms with E-state index in [1.54, 1.807) is 0 Å². The van der Waals surface area contributed by atoms with E-state index in [9.17, 15) is 4.79 Å². The quantitative estimate of drug-likeness (QED) is 0.793. The third kappa shape index (κ3) is 2.87. The van der Waals surface area contributed by atoms with Crippen LogP contribution in [0.3, 0.4) is 0 Å². The molecule has 0 fully saturated rings. The lowest BCUT2D eigenvalue weighted by Gasteiger charge is -2.38. The summed E-state index contributed by atoms with van der Waals surface area (Å²) in [7, 11) is 0. The molecule has 0 amide bonds. The van der Waals surface area contributed by atoms with Gasteiger partial charge in [-0.2, -0.15) is 4.98 Å². The number of anilines is 1. The fourth-order valence-corrected chi connectivity index (χ4v) is 4.21. The van der Waals surface area contributed by atoms with Gasteiger partial charge < -0.3 is 5.32 Å². The van der Waals surface area contributed by atoms with Crippen LogP contribution < -0.4 is 5.32 Å². The molecule has 1 atom stereocenters. The Bertz CT molecular complexity index is 902. The average Bonchev–Trinajstić information content (AvgIpc) is 2.94. The van der Waals surface area contributed by atoms with Gasteiger partial charge in [0.1, 0.15) is 6.04 Å². The molecule has 1 aliphatic heterocycles. The van der Waals surface area contributed by atoms with Crippen LogP contribution in [-0.2, 0) is 4.79 Å². The number of benzene rings is 1. The molecule has 2 aliphatic rings. The van der Waals surface area contributed by atoms with Gasteiger partial charge in [0.05, 0.1) is 0 Å². The summed E-state index contributed by atoms with van der Waals surface area (Å²) in [5.41, 5.74) is 2.63. The molecule has 1 aliphatic carbocycles. The lowest BCUT2D eigenvalue weighted by Crippen LogP contribution is -2.36. The summed E-state index contributed by atoms with van der Waals surface area (Å²) in [5, 5.41) is 9.28. The van der Waals surface area contributed by atoms with E-state index in [-0.39, 0.29) is 17.2 Å². The van der Waals surface area contributed by atoms with Crippen molar-refractivity contribution in [2.24, 2.45) is 5.41 Å². The van der Waals surface area contributed by atoms with Crippen molar-refractivity contribution in [3.63, 3.8) is 0 Å². The second kappa shape index (κ2) is 5.88. The third-order valence-corrected chi connectivity index (χ3v) is 5.43. The Balaban J connectivity index is 1.92. The highest BCUT2D eigenvalue weighted by Crippen LogP contribution is 2.45. The predicted octanol–water partition coefficient (Wildman–Crippen LogP) is 4.31. The Labute approximate surface area is 155 Å². The van der Waals surface area contributed by atoms with Crippen LogP contribution >= 0.6 is 23.4 Å². The van der Waals surface area contributed by atoms with Crippen LogP contribution in [0.5, 0.6) is 0 Å². The van der Waals surface area contributed by atoms with Gasteiger partial charge in [-0.15, -0.1) is 5.10 Å². The van der Waals surface area contributed by atoms with Crippen molar-refractivity contribution < 1.29 is 4.79 Å². The summed E-state index contributed by atoms with van der Waals surface area (Å²) in [6, 6.07) is 7.34. The number of allylic oxidation sites excluding steroid dienone is 2. The van der Waals surface area contributed by atoms with Crippen LogP contribution in [0, 0.1) is 5.41 Å². The largest absolute Gasteiger partial charge is 0.328 e. The zero-order valence-corrected chi connectivity index (χ0v) is 15.9. The number of hydrogen-bond acceptors (Lipinski definition) is 5. The number of thioether (sulfide) groups is 1. The van der Waals surface area contributed by atoms with E-state index >= 15 is 0 Å². The lowest BCUT2D eigenvalue weighted by molar-refractivity contribution is -0.118. The minimum Gasteiger partial charge on any atom is -0.328 e. The van der Waals surface area contributed by atoms with Gasteiger partial charge in [0.25, 0.3) is 0 Å². The first kappa shape index (κ1) is 16.7. The van der Waals surface area contributed by atoms with Crippen molar-refractivity contribution in [2.45, 2.75) is 37.9 Å². The van der Waals surface area contributed by atoms with Crippen molar-refractivity contribution in [1.29, 1.82) is 0 Å². The maximum Gasteiger partial charge on any atom is 0.227 e. The molecular weight excluding hydrogens is 356 g/mol. The summed E-state index contributed by atoms with van der Waals surface area (Å²) in [5.74, 6) is 0.842. The van der Waals surface area contributed by atoms with Crippen molar-refractivity contribution in [2.75, 3.05) is 11.6 Å². The van der Waals surface area contributed by atoms with Gasteiger partial charge in [0.15, 0.2) is 5.78 Å². The minimum absolute atomic E-state index is 0.0632. The first-order valence-electron chi connectivity index (χ1n) is 8.17. The smallest absolute Gasteiger partial charge is 0.227 e. The maximum atomic E-state index is 13.0. The van der Waals surface area contributed by atoms with Crippen LogP contribution in [0.4, 0.5) is 5.95 Å². The van der Waals surface area contributed by atoms with Crippen molar-refractivity contribution in [3.05, 3.63) is 46.1 Å². The molecule has 7 heteroatoms. The molecule has 2 aromatic rings. The summed E-state index contributed by atoms with van der Waals surface area (Å²) < 4.78 is 1.81. The Morgan fingerprint density at radius 1 is 1.36 bits per heavy atom. The standard InChI is InChI=1S/C18H19ClN4OS/c1-18(2)8-12-14(13(24)9-18)15(10-5-4-6-11(19)7-10)23-16(20-12)21-17(22-23)25-3/h4-7,15H,8-9H2,1-3H3,(H,20,21,22)/t15-/m1/s1. The highest BCUT2D eigenvalue weighted by atomic mass is 35.5. The van der Waals surface area contributed by atoms with Gasteiger partial charge >= 0.3 is 0 Å². The molecule has 0 unspecified atom stereocenters. The van der Waals surface area contributed by atoms with E-state index in [4.69, 9.17) is 11.6 Å². The van der Waals surface area contributed by atoms with E-state index < -0.39 is 0 Å². The molecule has 25 heavy (non-hydrogen) atoms. The van der Waals surface area contributed by atoms with Crippen LogP contribution in [0.25, 0.3) is 0 Å². The molecule has 0 saturated heterocycles. The fourth-order valence-electron chi connectivity index (χ4n) is 3.66. The van der Waals surface area contributed by atoms with E-state index in [0.717, 1.165) is 23.3 Å². The van der Waals surface area contributed by atoms with Crippen molar-refractivity contribution >= 4 is 35.1 Å². The van der Waals surface area contributed by atoms with Crippen LogP contribution in [0.1, 0.15) is 38.3 Å². The van der Waals surface area contributed by atoms with Gasteiger partial charge in [-0.25, -0.2) is 4.68 Å². The normalized spacial score (nSPS) is 21.6. The zero-order chi connectivity index (χ0) is 17.8. The van der Waals surface area contributed by atoms with Crippen LogP contribution in [-0.4, -0.2) is 26.8 Å². The number of ketones is 1. The Morgan fingerprint density at radius 2 is 2.16 bits per heavy atom. The van der Waals surface area contributed by atoms with Gasteiger partial charge in [-0.1, -0.05) is 49.3 Å². The third-order valence-electron chi connectivity index (χ3n) is 4.66. The Hall–Kier alpha value is -1.79. The SMILES string of the molecule is CSc1nc2n(n1)[C@H](c1cccc(Cl)c1)C1=C(CC(C)(C)CC1=O)N2. The summed E-state index contributed by atoms with van der Waals surface area (Å²) >= 11 is 7.70. The second-order valence-electron chi connectivity index (χ2n) is 7.28. The minimum atomic E-state index is -0.290. The lowest BCUT2D eigenvalue weighted by atomic mass is 9.73. The fraction of sp³-hybridized carbons (Fsp3) is 0.389. The van der Waals surface area contributed by atoms with Crippen LogP contribution in [0.15, 0.2) is 40.7 Å². The Kier molecular flexibility index (Phi) is 3.92. The van der Waals surface area contributed by atoms with Crippen LogP contribution in [0.2, 0.25) is 5.02 Å². The summed E-state index contributed by atoms with van der Waals surface area (Å²) in [6.07, 6.45) is 3.29. The van der Waals surface area contributed by atoms with E-state index in [1.165, 1.54) is 11.8 Å². The van der Waals surface area contributed by atoms with Gasteiger partial charge in [0.2, 0.25) is 11.1 Å². The molecule has 4 rings (SSSR count). The number of rotatable bonds is 2. The summed E-state index contributed by atoms with van der Waals surface area (Å²) in [6.45, 7) is 4.24. The maximum absolute atomic E-state index is 13.0. The molecule has 1 N–H and O–H groups in total. The number of nitrogens with zero attached hydrogens (tertiary/aromatic N) is 3. The average molecular weight is 375 g/mol. The molecule has 130 valence electrons. The van der Waals surface area contributed by atoms with Gasteiger partial charge in [-0.3, -0.25) is 4.79 Å². The topological polar surface area (TPSA) is 59.8 Å².